The maximum Gasteiger partial charge on any atom is 0.365 e. The van der Waals surface area contributed by atoms with Crippen LogP contribution >= 0.6 is 0 Å². The van der Waals surface area contributed by atoms with Gasteiger partial charge in [0.05, 0.1) is 16.4 Å². The molecule has 0 radical (unpaired) electrons. The number of ether oxygens (including phenoxy) is 2. The van der Waals surface area contributed by atoms with Crippen LogP contribution < -0.4 is 11.5 Å². The van der Waals surface area contributed by atoms with Crippen molar-refractivity contribution in [3.05, 3.63) is 58.7 Å². The number of carbonyl (C=O) groups is 2. The Morgan fingerprint density at radius 2 is 1.33 bits per heavy atom. The molecule has 45 heavy (non-hydrogen) atoms. The molecule has 4 atom stereocenters. The third kappa shape index (κ3) is 10.9. The fraction of sp³-hybridized carbons (Fsp3) is 0.548. The molecule has 8 N–H and O–H groups in total. The Hall–Kier alpha value is -2.88. The van der Waals surface area contributed by atoms with Gasteiger partial charge in [-0.2, -0.15) is 16.8 Å². The van der Waals surface area contributed by atoms with Gasteiger partial charge in [0.2, 0.25) is 0 Å². The van der Waals surface area contributed by atoms with Gasteiger partial charge in [0.25, 0.3) is 20.2 Å². The smallest absolute Gasteiger partial charge is 0.365 e. The summed E-state index contributed by atoms with van der Waals surface area (Å²) >= 11 is 0. The molecule has 0 heterocycles. The van der Waals surface area contributed by atoms with Crippen LogP contribution in [0.4, 0.5) is 0 Å². The van der Waals surface area contributed by atoms with E-state index in [4.69, 9.17) is 9.47 Å². The molecule has 0 saturated heterocycles. The van der Waals surface area contributed by atoms with Gasteiger partial charge in [0.15, 0.2) is 12.1 Å². The normalized spacial score (nSPS) is 15.6. The lowest BCUT2D eigenvalue weighted by molar-refractivity contribution is -0.420. The molecule has 0 aliphatic rings. The number of hydrogen-bond donors (Lipinski definition) is 4. The van der Waals surface area contributed by atoms with Crippen molar-refractivity contribution in [1.29, 1.82) is 0 Å². The van der Waals surface area contributed by atoms with Gasteiger partial charge < -0.3 is 20.9 Å². The Kier molecular flexibility index (Phi) is 12.1. The van der Waals surface area contributed by atoms with E-state index in [2.05, 4.69) is 11.5 Å². The van der Waals surface area contributed by atoms with Gasteiger partial charge in [-0.15, -0.1) is 0 Å². The molecular formula is C31H48N2O10S2+2. The minimum Gasteiger partial charge on any atom is -0.461 e. The molecule has 2 aromatic rings. The first-order chi connectivity index (χ1) is 20.3. The average Bonchev–Trinajstić information content (AvgIpc) is 2.88. The Morgan fingerprint density at radius 1 is 0.822 bits per heavy atom. The van der Waals surface area contributed by atoms with Gasteiger partial charge in [-0.3, -0.25) is 9.11 Å². The summed E-state index contributed by atoms with van der Waals surface area (Å²) in [5.74, 6) is -2.34. The Bertz CT molecular complexity index is 1620. The van der Waals surface area contributed by atoms with E-state index in [1.54, 1.807) is 65.8 Å². The monoisotopic (exact) mass is 672 g/mol. The zero-order valence-electron chi connectivity index (χ0n) is 27.3. The maximum atomic E-state index is 13.1. The molecule has 2 aromatic carbocycles. The van der Waals surface area contributed by atoms with Crippen molar-refractivity contribution in [2.45, 2.75) is 102 Å². The summed E-state index contributed by atoms with van der Waals surface area (Å²) < 4.78 is 78.2. The Labute approximate surface area is 266 Å². The predicted octanol–water partition coefficient (Wildman–Crippen LogP) is 2.28. The quantitative estimate of drug-likeness (QED) is 0.170. The second-order valence-corrected chi connectivity index (χ2v) is 16.2. The van der Waals surface area contributed by atoms with E-state index in [0.717, 1.165) is 11.1 Å². The highest BCUT2D eigenvalue weighted by molar-refractivity contribution is 7.86. The summed E-state index contributed by atoms with van der Waals surface area (Å²) in [6.07, 6.45) is 0.463. The molecule has 0 amide bonds. The van der Waals surface area contributed by atoms with Crippen molar-refractivity contribution in [3.63, 3.8) is 0 Å². The number of carbonyl (C=O) groups excluding carboxylic acids is 2. The predicted molar refractivity (Wildman–Crippen MR) is 166 cm³/mol. The van der Waals surface area contributed by atoms with Gasteiger partial charge in [-0.1, -0.05) is 63.1 Å². The molecule has 14 heteroatoms. The number of quaternary nitrogens is 2. The van der Waals surface area contributed by atoms with Gasteiger partial charge in [0, 0.05) is 17.3 Å². The average molecular weight is 673 g/mol. The fourth-order valence-corrected chi connectivity index (χ4v) is 6.98. The lowest BCUT2D eigenvalue weighted by Crippen LogP contribution is -2.68. The van der Waals surface area contributed by atoms with Crippen LogP contribution in [0.25, 0.3) is 0 Å². The molecule has 0 spiro atoms. The molecule has 2 rings (SSSR count). The second-order valence-electron chi connectivity index (χ2n) is 13.4. The molecule has 252 valence electrons. The van der Waals surface area contributed by atoms with E-state index in [9.17, 15) is 35.5 Å². The van der Waals surface area contributed by atoms with Crippen LogP contribution in [0.1, 0.15) is 76.1 Å². The highest BCUT2D eigenvalue weighted by Crippen LogP contribution is 2.33. The zero-order valence-corrected chi connectivity index (χ0v) is 28.9. The minimum absolute atomic E-state index is 0.0164. The molecule has 0 fully saturated rings. The molecule has 2 unspecified atom stereocenters. The molecular weight excluding hydrogens is 624 g/mol. The Morgan fingerprint density at radius 3 is 1.87 bits per heavy atom. The number of esters is 2. The van der Waals surface area contributed by atoms with Crippen LogP contribution in [0.15, 0.2) is 46.2 Å². The SMILES string of the molecule is Cc1ccc(S(=O)(=O)O)c(CC(C)[C@H]([NH3+])C(=O)OCC(C)(C)CC(C)(C)OC(=O)[C@@H]([NH3+])C(C)c2cc(C)ccc2S(=O)(=O)O)c1. The van der Waals surface area contributed by atoms with E-state index in [1.807, 2.05) is 13.8 Å². The number of rotatable bonds is 14. The van der Waals surface area contributed by atoms with Gasteiger partial charge in [-0.25, -0.2) is 9.59 Å². The van der Waals surface area contributed by atoms with Crippen LogP contribution in [-0.2, 0) is 45.7 Å². The molecule has 0 aliphatic carbocycles. The van der Waals surface area contributed by atoms with E-state index in [0.29, 0.717) is 12.0 Å². The lowest BCUT2D eigenvalue weighted by Gasteiger charge is -2.35. The van der Waals surface area contributed by atoms with Crippen molar-refractivity contribution in [3.8, 4) is 0 Å². The summed E-state index contributed by atoms with van der Waals surface area (Å²) in [7, 11) is -8.97. The van der Waals surface area contributed by atoms with E-state index in [1.165, 1.54) is 12.1 Å². The number of aryl methyl sites for hydroxylation is 2. The van der Waals surface area contributed by atoms with Crippen LogP contribution in [0, 0.1) is 25.2 Å². The third-order valence-electron chi connectivity index (χ3n) is 7.75. The largest absolute Gasteiger partial charge is 0.461 e. The van der Waals surface area contributed by atoms with Crippen molar-refractivity contribution in [2.24, 2.45) is 11.3 Å². The maximum absolute atomic E-state index is 13.1. The van der Waals surface area contributed by atoms with E-state index >= 15 is 0 Å². The first-order valence-corrected chi connectivity index (χ1v) is 17.4. The molecule has 0 bridgehead atoms. The summed E-state index contributed by atoms with van der Waals surface area (Å²) in [6.45, 7) is 14.0. The molecule has 0 saturated carbocycles. The topological polar surface area (TPSA) is 217 Å². The van der Waals surface area contributed by atoms with Crippen molar-refractivity contribution >= 4 is 32.2 Å². The molecule has 12 nitrogen and oxygen atoms in total. The first-order valence-electron chi connectivity index (χ1n) is 14.6. The lowest BCUT2D eigenvalue weighted by atomic mass is 9.82. The highest BCUT2D eigenvalue weighted by Gasteiger charge is 2.38. The van der Waals surface area contributed by atoms with Gasteiger partial charge in [0.1, 0.15) is 5.60 Å². The van der Waals surface area contributed by atoms with Crippen LogP contribution in [0.5, 0.6) is 0 Å². The van der Waals surface area contributed by atoms with Gasteiger partial charge in [-0.05, 0) is 63.8 Å². The Balaban J connectivity index is 2.05. The number of benzene rings is 2. The first kappa shape index (κ1) is 38.3. The molecule has 0 aromatic heterocycles. The van der Waals surface area contributed by atoms with Crippen LogP contribution in [0.2, 0.25) is 0 Å². The second kappa shape index (κ2) is 14.3. The van der Waals surface area contributed by atoms with Crippen molar-refractivity contribution in [2.75, 3.05) is 6.61 Å². The summed E-state index contributed by atoms with van der Waals surface area (Å²) in [6, 6.07) is 7.17. The summed E-state index contributed by atoms with van der Waals surface area (Å²) in [5.41, 5.74) is 8.38. The highest BCUT2D eigenvalue weighted by atomic mass is 32.2. The fourth-order valence-electron chi connectivity index (χ4n) is 5.48. The van der Waals surface area contributed by atoms with E-state index < -0.39 is 67.1 Å². The van der Waals surface area contributed by atoms with Crippen molar-refractivity contribution in [1.82, 2.24) is 0 Å². The van der Waals surface area contributed by atoms with Gasteiger partial charge >= 0.3 is 11.9 Å². The standard InChI is InChI=1S/C31H46N2O10S2/c1-18-9-11-24(44(36,37)38)22(13-18)15-20(3)26(32)28(34)42-17-30(5,6)16-31(7,8)43-29(35)27(33)21(4)23-14-19(2)10-12-25(23)45(39,40)41/h9-14,20-21,26-27H,15-17,32-33H2,1-8H3,(H,36,37,38)(H,39,40,41)/p+2/t20?,21?,26-,27-/m0/s1. The molecule has 0 aliphatic heterocycles. The summed E-state index contributed by atoms with van der Waals surface area (Å²) in [5, 5.41) is 0. The van der Waals surface area contributed by atoms with Crippen LogP contribution in [0.3, 0.4) is 0 Å². The number of hydrogen-bond acceptors (Lipinski definition) is 8. The minimum atomic E-state index is -4.52. The van der Waals surface area contributed by atoms with E-state index in [-0.39, 0.29) is 28.4 Å². The zero-order chi connectivity index (χ0) is 34.7. The van der Waals surface area contributed by atoms with Crippen molar-refractivity contribution < 1.29 is 56.5 Å². The summed E-state index contributed by atoms with van der Waals surface area (Å²) in [4.78, 5) is 25.6. The van der Waals surface area contributed by atoms with Crippen LogP contribution in [-0.4, -0.2) is 62.2 Å². The third-order valence-corrected chi connectivity index (χ3v) is 9.63.